The van der Waals surface area contributed by atoms with E-state index < -0.39 is 23.9 Å². The van der Waals surface area contributed by atoms with Gasteiger partial charge in [0.1, 0.15) is 11.5 Å². The summed E-state index contributed by atoms with van der Waals surface area (Å²) in [6, 6.07) is 13.9. The van der Waals surface area contributed by atoms with Gasteiger partial charge in [-0.3, -0.25) is 14.4 Å². The average molecular weight is 412 g/mol. The second-order valence-corrected chi connectivity index (χ2v) is 6.87. The van der Waals surface area contributed by atoms with Gasteiger partial charge in [0.15, 0.2) is 6.10 Å². The van der Waals surface area contributed by atoms with E-state index in [1.165, 1.54) is 18.9 Å². The van der Waals surface area contributed by atoms with E-state index in [4.69, 9.17) is 14.2 Å². The van der Waals surface area contributed by atoms with Crippen molar-refractivity contribution >= 4 is 29.2 Å². The van der Waals surface area contributed by atoms with E-state index in [0.29, 0.717) is 22.9 Å². The monoisotopic (exact) mass is 412 g/mol. The number of rotatable bonds is 7. The van der Waals surface area contributed by atoms with Gasteiger partial charge in [-0.25, -0.2) is 0 Å². The molecule has 1 aliphatic rings. The van der Waals surface area contributed by atoms with Crippen LogP contribution in [0.2, 0.25) is 0 Å². The molecular formula is C22H24N2O6. The average Bonchev–Trinajstić information content (AvgIpc) is 3.15. The number of ether oxygens (including phenoxy) is 3. The molecule has 1 heterocycles. The Kier molecular flexibility index (Phi) is 6.56. The van der Waals surface area contributed by atoms with Crippen molar-refractivity contribution in [3.63, 3.8) is 0 Å². The van der Waals surface area contributed by atoms with Crippen molar-refractivity contribution in [2.24, 2.45) is 5.92 Å². The molecule has 0 unspecified atom stereocenters. The Bertz CT molecular complexity index is 927. The van der Waals surface area contributed by atoms with Gasteiger partial charge in [-0.1, -0.05) is 12.1 Å². The molecule has 8 heteroatoms. The first-order chi connectivity index (χ1) is 14.4. The van der Waals surface area contributed by atoms with Crippen LogP contribution in [0, 0.1) is 5.92 Å². The summed E-state index contributed by atoms with van der Waals surface area (Å²) in [6.07, 6.45) is -0.987. The number of nitrogens with zero attached hydrogens (tertiary/aromatic N) is 1. The van der Waals surface area contributed by atoms with E-state index in [1.807, 2.05) is 0 Å². The van der Waals surface area contributed by atoms with Gasteiger partial charge in [-0.2, -0.15) is 0 Å². The van der Waals surface area contributed by atoms with Crippen molar-refractivity contribution < 1.29 is 28.6 Å². The zero-order chi connectivity index (χ0) is 21.7. The first-order valence-corrected chi connectivity index (χ1v) is 9.51. The molecule has 0 radical (unpaired) electrons. The lowest BCUT2D eigenvalue weighted by Crippen LogP contribution is -2.33. The molecule has 1 fully saturated rings. The molecule has 2 amide bonds. The number of amides is 2. The Hall–Kier alpha value is -3.55. The second kappa shape index (κ2) is 9.30. The van der Waals surface area contributed by atoms with Crippen LogP contribution in [0.4, 0.5) is 11.4 Å². The van der Waals surface area contributed by atoms with Gasteiger partial charge in [0.05, 0.1) is 25.8 Å². The maximum absolute atomic E-state index is 12.5. The highest BCUT2D eigenvalue weighted by Gasteiger charge is 2.38. The third-order valence-electron chi connectivity index (χ3n) is 4.85. The Morgan fingerprint density at radius 3 is 2.43 bits per heavy atom. The zero-order valence-corrected chi connectivity index (χ0v) is 17.1. The van der Waals surface area contributed by atoms with Crippen molar-refractivity contribution in [2.45, 2.75) is 19.4 Å². The number of esters is 1. The van der Waals surface area contributed by atoms with E-state index >= 15 is 0 Å². The first-order valence-electron chi connectivity index (χ1n) is 9.51. The minimum absolute atomic E-state index is 0.0176. The lowest BCUT2D eigenvalue weighted by atomic mass is 10.1. The number of hydrogen-bond donors (Lipinski definition) is 1. The number of carbonyl (C=O) groups is 3. The molecule has 0 bridgehead atoms. The molecule has 30 heavy (non-hydrogen) atoms. The Balaban J connectivity index is 1.58. The van der Waals surface area contributed by atoms with E-state index in [2.05, 4.69) is 5.32 Å². The van der Waals surface area contributed by atoms with E-state index in [9.17, 15) is 14.4 Å². The minimum atomic E-state index is -1.00. The van der Waals surface area contributed by atoms with E-state index in [-0.39, 0.29) is 18.9 Å². The summed E-state index contributed by atoms with van der Waals surface area (Å²) in [4.78, 5) is 38.8. The Morgan fingerprint density at radius 2 is 1.77 bits per heavy atom. The number of nitrogens with one attached hydrogen (secondary N) is 1. The molecule has 0 saturated carbocycles. The molecule has 2 aromatic rings. The van der Waals surface area contributed by atoms with Crippen LogP contribution in [0.5, 0.6) is 11.5 Å². The number of anilines is 2. The van der Waals surface area contributed by atoms with Crippen LogP contribution >= 0.6 is 0 Å². The molecule has 0 spiro atoms. The summed E-state index contributed by atoms with van der Waals surface area (Å²) in [5, 5.41) is 2.68. The highest BCUT2D eigenvalue weighted by atomic mass is 16.5. The third kappa shape index (κ3) is 4.71. The highest BCUT2D eigenvalue weighted by Crippen LogP contribution is 2.33. The maximum atomic E-state index is 12.5. The summed E-state index contributed by atoms with van der Waals surface area (Å²) in [5.74, 6) is -0.682. The number of hydrogen-bond acceptors (Lipinski definition) is 6. The van der Waals surface area contributed by atoms with Gasteiger partial charge in [0, 0.05) is 18.7 Å². The van der Waals surface area contributed by atoms with Crippen molar-refractivity contribution in [3.05, 3.63) is 48.5 Å². The smallest absolute Gasteiger partial charge is 0.312 e. The molecule has 2 aromatic carbocycles. The van der Waals surface area contributed by atoms with Gasteiger partial charge >= 0.3 is 5.97 Å². The maximum Gasteiger partial charge on any atom is 0.312 e. The zero-order valence-electron chi connectivity index (χ0n) is 17.1. The van der Waals surface area contributed by atoms with Crippen LogP contribution in [0.15, 0.2) is 48.5 Å². The molecule has 0 aliphatic carbocycles. The standard InChI is InChI=1S/C22H24N2O6/c1-14(21(26)23-16-8-10-17(28-2)11-9-16)30-22(27)15-12-20(25)24(13-15)18-6-4-5-7-19(18)29-3/h4-11,14-15H,12-13H2,1-3H3,(H,23,26)/t14-,15+/m0/s1. The summed E-state index contributed by atoms with van der Waals surface area (Å²) in [6.45, 7) is 1.66. The fraction of sp³-hybridized carbons (Fsp3) is 0.318. The van der Waals surface area contributed by atoms with Crippen molar-refractivity contribution in [2.75, 3.05) is 31.0 Å². The SMILES string of the molecule is COc1ccc(NC(=O)[C@H](C)OC(=O)[C@@H]2CC(=O)N(c3ccccc3OC)C2)cc1. The molecule has 3 rings (SSSR count). The summed E-state index contributed by atoms with van der Waals surface area (Å²) >= 11 is 0. The summed E-state index contributed by atoms with van der Waals surface area (Å²) in [5.41, 5.74) is 1.16. The molecule has 1 aliphatic heterocycles. The highest BCUT2D eigenvalue weighted by molar-refractivity contribution is 6.01. The number of para-hydroxylation sites is 2. The minimum Gasteiger partial charge on any atom is -0.497 e. The molecule has 1 N–H and O–H groups in total. The normalized spacial score (nSPS) is 16.7. The summed E-state index contributed by atoms with van der Waals surface area (Å²) < 4.78 is 15.7. The fourth-order valence-corrected chi connectivity index (χ4v) is 3.19. The van der Waals surface area contributed by atoms with Crippen LogP contribution in [-0.2, 0) is 19.1 Å². The number of benzene rings is 2. The van der Waals surface area contributed by atoms with Crippen LogP contribution in [-0.4, -0.2) is 44.7 Å². The van der Waals surface area contributed by atoms with Crippen molar-refractivity contribution in [3.8, 4) is 11.5 Å². The van der Waals surface area contributed by atoms with Gasteiger partial charge in [-0.15, -0.1) is 0 Å². The lowest BCUT2D eigenvalue weighted by molar-refractivity contribution is -0.157. The predicted molar refractivity (Wildman–Crippen MR) is 111 cm³/mol. The van der Waals surface area contributed by atoms with Crippen LogP contribution in [0.1, 0.15) is 13.3 Å². The molecule has 158 valence electrons. The first kappa shape index (κ1) is 21.2. The molecular weight excluding hydrogens is 388 g/mol. The fourth-order valence-electron chi connectivity index (χ4n) is 3.19. The number of carbonyl (C=O) groups excluding carboxylic acids is 3. The van der Waals surface area contributed by atoms with Crippen LogP contribution in [0.3, 0.4) is 0 Å². The largest absolute Gasteiger partial charge is 0.497 e. The molecule has 0 aromatic heterocycles. The third-order valence-corrected chi connectivity index (χ3v) is 4.85. The predicted octanol–water partition coefficient (Wildman–Crippen LogP) is 2.63. The van der Waals surface area contributed by atoms with Gasteiger partial charge in [-0.05, 0) is 43.3 Å². The van der Waals surface area contributed by atoms with Gasteiger partial charge in [0.25, 0.3) is 5.91 Å². The molecule has 8 nitrogen and oxygen atoms in total. The molecule has 1 saturated heterocycles. The lowest BCUT2D eigenvalue weighted by Gasteiger charge is -2.20. The quantitative estimate of drug-likeness (QED) is 0.703. The van der Waals surface area contributed by atoms with Crippen LogP contribution in [0.25, 0.3) is 0 Å². The van der Waals surface area contributed by atoms with Gasteiger partial charge in [0.2, 0.25) is 5.91 Å². The van der Waals surface area contributed by atoms with Crippen molar-refractivity contribution in [1.82, 2.24) is 0 Å². The summed E-state index contributed by atoms with van der Waals surface area (Å²) in [7, 11) is 3.08. The van der Waals surface area contributed by atoms with E-state index in [0.717, 1.165) is 0 Å². The van der Waals surface area contributed by atoms with Crippen LogP contribution < -0.4 is 19.7 Å². The van der Waals surface area contributed by atoms with Gasteiger partial charge < -0.3 is 24.4 Å². The number of methoxy groups -OCH3 is 2. The Labute approximate surface area is 174 Å². The van der Waals surface area contributed by atoms with Crippen molar-refractivity contribution in [1.29, 1.82) is 0 Å². The van der Waals surface area contributed by atoms with E-state index in [1.54, 1.807) is 55.6 Å². The molecule has 2 atom stereocenters. The topological polar surface area (TPSA) is 94.2 Å². The Morgan fingerprint density at radius 1 is 1.07 bits per heavy atom. The second-order valence-electron chi connectivity index (χ2n) is 6.87.